The molecule has 0 bridgehead atoms. The molecule has 1 aromatic carbocycles. The molecule has 0 aromatic heterocycles. The standard InChI is InChI=1S/C15H25ClN2O2S/c1-5-6-7-8-18(11(2)3)21(19,20)15-10-14(17)13(16)9-12(15)4/h9-11H,5-8,17H2,1-4H3. The van der Waals surface area contributed by atoms with Gasteiger partial charge < -0.3 is 5.73 Å². The largest absolute Gasteiger partial charge is 0.397 e. The predicted octanol–water partition coefficient (Wildman–Crippen LogP) is 3.82. The minimum absolute atomic E-state index is 0.0943. The number of unbranched alkanes of at least 4 members (excludes halogenated alkanes) is 2. The van der Waals surface area contributed by atoms with Crippen molar-refractivity contribution in [2.24, 2.45) is 0 Å². The summed E-state index contributed by atoms with van der Waals surface area (Å²) in [5.74, 6) is 0. The number of hydrogen-bond donors (Lipinski definition) is 1. The second-order valence-electron chi connectivity index (χ2n) is 5.56. The Morgan fingerprint density at radius 3 is 2.43 bits per heavy atom. The molecule has 0 unspecified atom stereocenters. The van der Waals surface area contributed by atoms with Crippen LogP contribution in [0.5, 0.6) is 0 Å². The normalized spacial score (nSPS) is 12.3. The van der Waals surface area contributed by atoms with Crippen molar-refractivity contribution in [2.45, 2.75) is 57.9 Å². The van der Waals surface area contributed by atoms with Gasteiger partial charge in [0.15, 0.2) is 0 Å². The number of nitrogens with two attached hydrogens (primary N) is 1. The number of nitrogens with zero attached hydrogens (tertiary/aromatic N) is 1. The maximum absolute atomic E-state index is 12.9. The Morgan fingerprint density at radius 1 is 1.29 bits per heavy atom. The average Bonchev–Trinajstić information content (AvgIpc) is 2.38. The second-order valence-corrected chi connectivity index (χ2v) is 7.82. The van der Waals surface area contributed by atoms with Crippen LogP contribution in [0.1, 0.15) is 45.6 Å². The summed E-state index contributed by atoms with van der Waals surface area (Å²) in [6, 6.07) is 2.97. The lowest BCUT2D eigenvalue weighted by Crippen LogP contribution is -2.38. The number of halogens is 1. The van der Waals surface area contributed by atoms with Crippen LogP contribution in [0.25, 0.3) is 0 Å². The van der Waals surface area contributed by atoms with Gasteiger partial charge in [0.2, 0.25) is 10.0 Å². The number of benzene rings is 1. The summed E-state index contributed by atoms with van der Waals surface area (Å²) >= 11 is 5.95. The van der Waals surface area contributed by atoms with Gasteiger partial charge in [0.1, 0.15) is 0 Å². The number of aryl methyl sites for hydroxylation is 1. The summed E-state index contributed by atoms with van der Waals surface area (Å²) in [7, 11) is -3.56. The van der Waals surface area contributed by atoms with Crippen LogP contribution in [0.15, 0.2) is 17.0 Å². The van der Waals surface area contributed by atoms with Crippen LogP contribution in [0, 0.1) is 6.92 Å². The first-order valence-electron chi connectivity index (χ1n) is 7.29. The van der Waals surface area contributed by atoms with Gasteiger partial charge in [-0.25, -0.2) is 8.42 Å². The van der Waals surface area contributed by atoms with Gasteiger partial charge in [-0.1, -0.05) is 31.4 Å². The van der Waals surface area contributed by atoms with Gasteiger partial charge in [-0.2, -0.15) is 4.31 Å². The molecule has 0 saturated heterocycles. The zero-order valence-corrected chi connectivity index (χ0v) is 14.8. The van der Waals surface area contributed by atoms with E-state index in [1.54, 1.807) is 17.3 Å². The first-order chi connectivity index (χ1) is 9.71. The molecule has 0 heterocycles. The number of rotatable bonds is 7. The molecule has 0 aliphatic carbocycles. The fraction of sp³-hybridized carbons (Fsp3) is 0.600. The molecule has 120 valence electrons. The van der Waals surface area contributed by atoms with Crippen molar-refractivity contribution in [3.05, 3.63) is 22.7 Å². The second kappa shape index (κ2) is 7.47. The highest BCUT2D eigenvalue weighted by Gasteiger charge is 2.28. The van der Waals surface area contributed by atoms with Gasteiger partial charge in [0.05, 0.1) is 15.6 Å². The van der Waals surface area contributed by atoms with E-state index < -0.39 is 10.0 Å². The zero-order chi connectivity index (χ0) is 16.2. The summed E-state index contributed by atoms with van der Waals surface area (Å²) in [6.45, 7) is 8.13. The molecule has 0 spiro atoms. The van der Waals surface area contributed by atoms with Gasteiger partial charge in [-0.05, 0) is 44.9 Å². The maximum Gasteiger partial charge on any atom is 0.243 e. The van der Waals surface area contributed by atoms with E-state index in [9.17, 15) is 8.42 Å². The Hall–Kier alpha value is -0.780. The summed E-state index contributed by atoms with van der Waals surface area (Å²) in [5.41, 5.74) is 6.68. The Morgan fingerprint density at radius 2 is 1.90 bits per heavy atom. The minimum Gasteiger partial charge on any atom is -0.397 e. The van der Waals surface area contributed by atoms with E-state index in [4.69, 9.17) is 17.3 Å². The minimum atomic E-state index is -3.56. The first kappa shape index (κ1) is 18.3. The number of sulfonamides is 1. The predicted molar refractivity (Wildman–Crippen MR) is 89.2 cm³/mol. The third-order valence-electron chi connectivity index (χ3n) is 3.44. The van der Waals surface area contributed by atoms with Crippen LogP contribution >= 0.6 is 11.6 Å². The van der Waals surface area contributed by atoms with Gasteiger partial charge in [-0.3, -0.25) is 0 Å². The summed E-state index contributed by atoms with van der Waals surface area (Å²) in [4.78, 5) is 0.245. The Kier molecular flexibility index (Phi) is 6.50. The van der Waals surface area contributed by atoms with E-state index in [1.165, 1.54) is 6.07 Å². The molecular formula is C15H25ClN2O2S. The average molecular weight is 333 g/mol. The molecule has 0 saturated carbocycles. The van der Waals surface area contributed by atoms with Crippen molar-refractivity contribution >= 4 is 27.3 Å². The lowest BCUT2D eigenvalue weighted by molar-refractivity contribution is 0.345. The van der Waals surface area contributed by atoms with Gasteiger partial charge in [0, 0.05) is 12.6 Å². The Labute approximate surface area is 133 Å². The van der Waals surface area contributed by atoms with E-state index in [1.807, 2.05) is 13.8 Å². The highest BCUT2D eigenvalue weighted by atomic mass is 35.5. The quantitative estimate of drug-likeness (QED) is 0.609. The molecular weight excluding hydrogens is 308 g/mol. The van der Waals surface area contributed by atoms with Crippen molar-refractivity contribution in [3.8, 4) is 0 Å². The molecule has 0 aliphatic heterocycles. The van der Waals surface area contributed by atoms with Crippen molar-refractivity contribution < 1.29 is 8.42 Å². The van der Waals surface area contributed by atoms with Crippen LogP contribution < -0.4 is 5.73 Å². The zero-order valence-electron chi connectivity index (χ0n) is 13.2. The summed E-state index contributed by atoms with van der Waals surface area (Å²) in [6.07, 6.45) is 2.93. The smallest absolute Gasteiger partial charge is 0.243 e. The van der Waals surface area contributed by atoms with Crippen LogP contribution in [-0.4, -0.2) is 25.3 Å². The van der Waals surface area contributed by atoms with Crippen molar-refractivity contribution in [2.75, 3.05) is 12.3 Å². The first-order valence-corrected chi connectivity index (χ1v) is 9.11. The van der Waals surface area contributed by atoms with Crippen LogP contribution in [0.3, 0.4) is 0 Å². The van der Waals surface area contributed by atoms with E-state index in [0.717, 1.165) is 19.3 Å². The molecule has 4 nitrogen and oxygen atoms in total. The molecule has 0 amide bonds. The van der Waals surface area contributed by atoms with Gasteiger partial charge >= 0.3 is 0 Å². The molecule has 21 heavy (non-hydrogen) atoms. The fourth-order valence-corrected chi connectivity index (χ4v) is 4.38. The van der Waals surface area contributed by atoms with E-state index >= 15 is 0 Å². The molecule has 0 aliphatic rings. The third-order valence-corrected chi connectivity index (χ3v) is 5.98. The van der Waals surface area contributed by atoms with Crippen molar-refractivity contribution in [1.82, 2.24) is 4.31 Å². The summed E-state index contributed by atoms with van der Waals surface area (Å²) in [5, 5.41) is 0.383. The van der Waals surface area contributed by atoms with E-state index in [0.29, 0.717) is 17.1 Å². The van der Waals surface area contributed by atoms with Crippen LogP contribution in [0.4, 0.5) is 5.69 Å². The third kappa shape index (κ3) is 4.34. The number of nitrogen functional groups attached to an aromatic ring is 1. The van der Waals surface area contributed by atoms with Crippen LogP contribution in [0.2, 0.25) is 5.02 Å². The molecule has 0 radical (unpaired) electrons. The van der Waals surface area contributed by atoms with Crippen molar-refractivity contribution in [1.29, 1.82) is 0 Å². The molecule has 1 rings (SSSR count). The topological polar surface area (TPSA) is 63.4 Å². The Bertz CT molecular complexity index is 586. The highest BCUT2D eigenvalue weighted by Crippen LogP contribution is 2.29. The maximum atomic E-state index is 12.9. The lowest BCUT2D eigenvalue weighted by Gasteiger charge is -2.27. The number of hydrogen-bond acceptors (Lipinski definition) is 3. The molecule has 0 fully saturated rings. The lowest BCUT2D eigenvalue weighted by atomic mass is 10.2. The molecule has 0 atom stereocenters. The molecule has 1 aromatic rings. The van der Waals surface area contributed by atoms with E-state index in [2.05, 4.69) is 6.92 Å². The van der Waals surface area contributed by atoms with Crippen molar-refractivity contribution in [3.63, 3.8) is 0 Å². The highest BCUT2D eigenvalue weighted by molar-refractivity contribution is 7.89. The van der Waals surface area contributed by atoms with E-state index in [-0.39, 0.29) is 16.6 Å². The molecule has 2 N–H and O–H groups in total. The fourth-order valence-electron chi connectivity index (χ4n) is 2.25. The van der Waals surface area contributed by atoms with Crippen LogP contribution in [-0.2, 0) is 10.0 Å². The Balaban J connectivity index is 3.20. The number of anilines is 1. The molecule has 6 heteroatoms. The SMILES string of the molecule is CCCCCN(C(C)C)S(=O)(=O)c1cc(N)c(Cl)cc1C. The van der Waals surface area contributed by atoms with Gasteiger partial charge in [0.25, 0.3) is 0 Å². The monoisotopic (exact) mass is 332 g/mol. The van der Waals surface area contributed by atoms with Gasteiger partial charge in [-0.15, -0.1) is 0 Å². The summed E-state index contributed by atoms with van der Waals surface area (Å²) < 4.78 is 27.3.